The van der Waals surface area contributed by atoms with Gasteiger partial charge in [-0.3, -0.25) is 10.1 Å². The molecule has 6 heteroatoms. The van der Waals surface area contributed by atoms with Crippen molar-refractivity contribution in [1.29, 1.82) is 0 Å². The number of hydrogen-bond acceptors (Lipinski definition) is 4. The van der Waals surface area contributed by atoms with Gasteiger partial charge in [-0.2, -0.15) is 5.10 Å². The normalized spacial score (nSPS) is 10.4. The van der Waals surface area contributed by atoms with E-state index in [-0.39, 0.29) is 5.91 Å². The Balaban J connectivity index is 1.78. The summed E-state index contributed by atoms with van der Waals surface area (Å²) >= 11 is 1.41. The van der Waals surface area contributed by atoms with Gasteiger partial charge in [0.25, 0.3) is 5.91 Å². The van der Waals surface area contributed by atoms with E-state index in [1.165, 1.54) is 11.3 Å². The number of anilines is 1. The lowest BCUT2D eigenvalue weighted by Gasteiger charge is -1.99. The van der Waals surface area contributed by atoms with E-state index in [9.17, 15) is 4.79 Å². The van der Waals surface area contributed by atoms with E-state index in [1.807, 2.05) is 42.6 Å². The lowest BCUT2D eigenvalue weighted by Crippen LogP contribution is -2.10. The SMILES string of the molecule is Cc1csc(NC(=O)c2cnn(-c3ccccc3)c2)n1. The average molecular weight is 284 g/mol. The number of nitrogens with one attached hydrogen (secondary N) is 1. The van der Waals surface area contributed by atoms with Crippen molar-refractivity contribution in [2.75, 3.05) is 5.32 Å². The van der Waals surface area contributed by atoms with Crippen LogP contribution in [0.3, 0.4) is 0 Å². The Bertz CT molecular complexity index is 732. The van der Waals surface area contributed by atoms with Crippen LogP contribution in [0.25, 0.3) is 5.69 Å². The molecule has 0 unspecified atom stereocenters. The zero-order valence-electron chi connectivity index (χ0n) is 10.8. The molecule has 0 saturated carbocycles. The maximum Gasteiger partial charge on any atom is 0.260 e. The standard InChI is InChI=1S/C14H12N4OS/c1-10-9-20-14(16-10)17-13(19)11-7-15-18(8-11)12-5-3-2-4-6-12/h2-9H,1H3,(H,16,17,19). The number of benzene rings is 1. The van der Waals surface area contributed by atoms with Gasteiger partial charge in [0.1, 0.15) is 0 Å². The van der Waals surface area contributed by atoms with Crippen molar-refractivity contribution in [3.8, 4) is 5.69 Å². The third kappa shape index (κ3) is 2.60. The number of carbonyl (C=O) groups is 1. The van der Waals surface area contributed by atoms with Gasteiger partial charge < -0.3 is 0 Å². The number of aromatic nitrogens is 3. The molecule has 0 aliphatic heterocycles. The smallest absolute Gasteiger partial charge is 0.260 e. The Morgan fingerprint density at radius 3 is 2.80 bits per heavy atom. The van der Waals surface area contributed by atoms with Crippen LogP contribution in [-0.2, 0) is 0 Å². The van der Waals surface area contributed by atoms with Crippen LogP contribution >= 0.6 is 11.3 Å². The summed E-state index contributed by atoms with van der Waals surface area (Å²) in [5.74, 6) is -0.207. The summed E-state index contributed by atoms with van der Waals surface area (Å²) in [6.07, 6.45) is 3.24. The molecule has 3 rings (SSSR count). The molecule has 3 aromatic rings. The number of thiazole rings is 1. The quantitative estimate of drug-likeness (QED) is 0.804. The number of amides is 1. The molecule has 0 aliphatic rings. The third-order valence-corrected chi connectivity index (χ3v) is 3.58. The van der Waals surface area contributed by atoms with Gasteiger partial charge >= 0.3 is 0 Å². The lowest BCUT2D eigenvalue weighted by atomic mass is 10.3. The van der Waals surface area contributed by atoms with Crippen LogP contribution in [0.15, 0.2) is 48.1 Å². The van der Waals surface area contributed by atoms with Crippen LogP contribution in [-0.4, -0.2) is 20.7 Å². The van der Waals surface area contributed by atoms with Crippen molar-refractivity contribution < 1.29 is 4.79 Å². The van der Waals surface area contributed by atoms with Gasteiger partial charge in [0.2, 0.25) is 0 Å². The first-order valence-electron chi connectivity index (χ1n) is 6.06. The topological polar surface area (TPSA) is 59.8 Å². The minimum Gasteiger partial charge on any atom is -0.298 e. The Kier molecular flexibility index (Phi) is 3.30. The van der Waals surface area contributed by atoms with Crippen molar-refractivity contribution in [1.82, 2.24) is 14.8 Å². The highest BCUT2D eigenvalue weighted by atomic mass is 32.1. The molecule has 0 atom stereocenters. The van der Waals surface area contributed by atoms with Crippen LogP contribution in [0.1, 0.15) is 16.1 Å². The second-order valence-electron chi connectivity index (χ2n) is 4.26. The molecule has 0 spiro atoms. The summed E-state index contributed by atoms with van der Waals surface area (Å²) in [6.45, 7) is 1.89. The Hall–Kier alpha value is -2.47. The summed E-state index contributed by atoms with van der Waals surface area (Å²) in [5, 5.41) is 9.44. The van der Waals surface area contributed by atoms with Crippen molar-refractivity contribution in [2.24, 2.45) is 0 Å². The summed E-state index contributed by atoms with van der Waals surface area (Å²) in [6, 6.07) is 9.65. The minimum absolute atomic E-state index is 0.207. The summed E-state index contributed by atoms with van der Waals surface area (Å²) in [4.78, 5) is 16.3. The molecule has 20 heavy (non-hydrogen) atoms. The fraction of sp³-hybridized carbons (Fsp3) is 0.0714. The molecular formula is C14H12N4OS. The van der Waals surface area contributed by atoms with Crippen LogP contribution in [0.2, 0.25) is 0 Å². The zero-order valence-corrected chi connectivity index (χ0v) is 11.6. The van der Waals surface area contributed by atoms with E-state index in [0.29, 0.717) is 10.7 Å². The largest absolute Gasteiger partial charge is 0.298 e. The second-order valence-corrected chi connectivity index (χ2v) is 5.12. The molecule has 2 heterocycles. The highest BCUT2D eigenvalue weighted by Gasteiger charge is 2.11. The predicted molar refractivity (Wildman–Crippen MR) is 78.4 cm³/mol. The van der Waals surface area contributed by atoms with E-state index < -0.39 is 0 Å². The van der Waals surface area contributed by atoms with Crippen LogP contribution in [0.4, 0.5) is 5.13 Å². The molecule has 0 aliphatic carbocycles. The number of aryl methyl sites for hydroxylation is 1. The first-order chi connectivity index (χ1) is 9.72. The number of hydrogen-bond donors (Lipinski definition) is 1. The summed E-state index contributed by atoms with van der Waals surface area (Å²) < 4.78 is 1.67. The van der Waals surface area contributed by atoms with E-state index in [2.05, 4.69) is 15.4 Å². The highest BCUT2D eigenvalue weighted by molar-refractivity contribution is 7.13. The fourth-order valence-electron chi connectivity index (χ4n) is 1.74. The van der Waals surface area contributed by atoms with E-state index in [1.54, 1.807) is 17.1 Å². The Morgan fingerprint density at radius 1 is 1.30 bits per heavy atom. The molecule has 0 bridgehead atoms. The molecule has 100 valence electrons. The van der Waals surface area contributed by atoms with Gasteiger partial charge in [-0.15, -0.1) is 11.3 Å². The third-order valence-electron chi connectivity index (χ3n) is 2.70. The van der Waals surface area contributed by atoms with E-state index in [4.69, 9.17) is 0 Å². The van der Waals surface area contributed by atoms with Crippen LogP contribution in [0.5, 0.6) is 0 Å². The predicted octanol–water partition coefficient (Wildman–Crippen LogP) is 2.89. The number of rotatable bonds is 3. The average Bonchev–Trinajstić information content (AvgIpc) is 3.09. The Morgan fingerprint density at radius 2 is 2.10 bits per heavy atom. The molecule has 0 radical (unpaired) electrons. The summed E-state index contributed by atoms with van der Waals surface area (Å²) in [5.41, 5.74) is 2.31. The van der Waals surface area contributed by atoms with Gasteiger partial charge in [0, 0.05) is 11.6 Å². The fourth-order valence-corrected chi connectivity index (χ4v) is 2.43. The number of carbonyl (C=O) groups excluding carboxylic acids is 1. The van der Waals surface area contributed by atoms with Crippen LogP contribution in [0, 0.1) is 6.92 Å². The van der Waals surface area contributed by atoms with E-state index >= 15 is 0 Å². The molecule has 0 saturated heterocycles. The first kappa shape index (κ1) is 12.6. The van der Waals surface area contributed by atoms with Crippen molar-refractivity contribution in [3.63, 3.8) is 0 Å². The number of para-hydroxylation sites is 1. The second kappa shape index (κ2) is 5.26. The molecule has 5 nitrogen and oxygen atoms in total. The molecule has 1 aromatic carbocycles. The molecular weight excluding hydrogens is 272 g/mol. The van der Waals surface area contributed by atoms with Crippen LogP contribution < -0.4 is 5.32 Å². The van der Waals surface area contributed by atoms with Gasteiger partial charge in [-0.05, 0) is 19.1 Å². The minimum atomic E-state index is -0.207. The zero-order chi connectivity index (χ0) is 13.9. The van der Waals surface area contributed by atoms with Gasteiger partial charge in [-0.1, -0.05) is 18.2 Å². The van der Waals surface area contributed by atoms with E-state index in [0.717, 1.165) is 11.4 Å². The van der Waals surface area contributed by atoms with Crippen molar-refractivity contribution >= 4 is 22.4 Å². The maximum atomic E-state index is 12.1. The van der Waals surface area contributed by atoms with Crippen molar-refractivity contribution in [3.05, 3.63) is 59.4 Å². The maximum absolute atomic E-state index is 12.1. The highest BCUT2D eigenvalue weighted by Crippen LogP contribution is 2.16. The van der Waals surface area contributed by atoms with Gasteiger partial charge in [0.15, 0.2) is 5.13 Å². The lowest BCUT2D eigenvalue weighted by molar-refractivity contribution is 0.102. The molecule has 2 aromatic heterocycles. The van der Waals surface area contributed by atoms with Gasteiger partial charge in [-0.25, -0.2) is 9.67 Å². The molecule has 0 fully saturated rings. The number of nitrogens with zero attached hydrogens (tertiary/aromatic N) is 3. The monoisotopic (exact) mass is 284 g/mol. The Labute approximate surface area is 119 Å². The van der Waals surface area contributed by atoms with Crippen molar-refractivity contribution in [2.45, 2.75) is 6.92 Å². The summed E-state index contributed by atoms with van der Waals surface area (Å²) in [7, 11) is 0. The van der Waals surface area contributed by atoms with Gasteiger partial charge in [0.05, 0.1) is 23.1 Å². The molecule has 1 amide bonds. The molecule has 1 N–H and O–H groups in total. The first-order valence-corrected chi connectivity index (χ1v) is 6.94.